The Morgan fingerprint density at radius 3 is 3.08 bits per heavy atom. The van der Waals surface area contributed by atoms with Gasteiger partial charge in [0.15, 0.2) is 5.06 Å². The van der Waals surface area contributed by atoms with E-state index in [0.717, 1.165) is 5.56 Å². The lowest BCUT2D eigenvalue weighted by Crippen LogP contribution is -2.21. The average molecular weight is 181 g/mol. The average Bonchev–Trinajstić information content (AvgIpc) is 2.37. The predicted octanol–water partition coefficient (Wildman–Crippen LogP) is 1.74. The number of hydrogen-bond donors (Lipinski definition) is 1. The van der Waals surface area contributed by atoms with E-state index in [0.29, 0.717) is 5.06 Å². The van der Waals surface area contributed by atoms with Gasteiger partial charge in [0.1, 0.15) is 0 Å². The number of thiophene rings is 1. The van der Waals surface area contributed by atoms with Crippen LogP contribution in [0.15, 0.2) is 11.4 Å². The molecule has 1 aromatic rings. The molecule has 0 spiro atoms. The molecule has 0 unspecified atom stereocenters. The largest absolute Gasteiger partial charge is 0.425 e. The summed E-state index contributed by atoms with van der Waals surface area (Å²) in [6.07, 6.45) is 4.22. The van der Waals surface area contributed by atoms with Crippen molar-refractivity contribution in [3.05, 3.63) is 17.0 Å². The second kappa shape index (κ2) is 3.79. The zero-order valence-electron chi connectivity index (χ0n) is 6.46. The number of ether oxygens (including phenoxy) is 1. The summed E-state index contributed by atoms with van der Waals surface area (Å²) in [6, 6.07) is 3.84. The van der Waals surface area contributed by atoms with Gasteiger partial charge in [-0.3, -0.25) is 0 Å². The maximum Gasteiger partial charge on any atom is 0.425 e. The van der Waals surface area contributed by atoms with E-state index in [4.69, 9.17) is 11.2 Å². The Balaban J connectivity index is 2.59. The summed E-state index contributed by atoms with van der Waals surface area (Å²) in [4.78, 5) is 10.8. The number of carbonyl (C=O) groups is 1. The number of hydrogen-bond acceptors (Lipinski definition) is 3. The van der Waals surface area contributed by atoms with E-state index in [1.165, 1.54) is 11.3 Å². The summed E-state index contributed by atoms with van der Waals surface area (Å²) in [5, 5.41) is 4.50. The fourth-order valence-corrected chi connectivity index (χ4v) is 1.41. The first-order valence-corrected chi connectivity index (χ1v) is 4.09. The van der Waals surface area contributed by atoms with Crippen molar-refractivity contribution in [1.82, 2.24) is 5.32 Å². The molecule has 1 N–H and O–H groups in total. The van der Waals surface area contributed by atoms with Gasteiger partial charge in [-0.25, -0.2) is 10.1 Å². The van der Waals surface area contributed by atoms with Gasteiger partial charge in [-0.15, -0.1) is 11.3 Å². The molecule has 0 radical (unpaired) electrons. The van der Waals surface area contributed by atoms with Gasteiger partial charge in [0.25, 0.3) is 0 Å². The molecule has 0 saturated heterocycles. The molecule has 0 aliphatic heterocycles. The number of rotatable bonds is 1. The summed E-state index contributed by atoms with van der Waals surface area (Å²) in [5.41, 5.74) is 0.923. The van der Waals surface area contributed by atoms with E-state index in [1.807, 2.05) is 24.4 Å². The molecular weight excluding hydrogens is 174 g/mol. The highest BCUT2D eigenvalue weighted by molar-refractivity contribution is 7.12. The normalized spacial score (nSPS) is 8.67. The van der Waals surface area contributed by atoms with Gasteiger partial charge in [-0.05, 0) is 18.4 Å². The first-order chi connectivity index (χ1) is 5.74. The van der Waals surface area contributed by atoms with Gasteiger partial charge in [-0.2, -0.15) is 0 Å². The summed E-state index contributed by atoms with van der Waals surface area (Å²) in [5.74, 6) is 0. The van der Waals surface area contributed by atoms with E-state index in [2.05, 4.69) is 5.32 Å². The van der Waals surface area contributed by atoms with E-state index in [-0.39, 0.29) is 0 Å². The van der Waals surface area contributed by atoms with Crippen molar-refractivity contribution in [2.45, 2.75) is 6.92 Å². The molecule has 0 atom stereocenters. The number of aryl methyl sites for hydroxylation is 1. The molecule has 0 fully saturated rings. The molecule has 0 aromatic carbocycles. The Morgan fingerprint density at radius 1 is 1.83 bits per heavy atom. The number of terminal acetylenes is 1. The van der Waals surface area contributed by atoms with E-state index in [9.17, 15) is 4.79 Å². The molecule has 3 nitrogen and oxygen atoms in total. The van der Waals surface area contributed by atoms with E-state index in [1.54, 1.807) is 0 Å². The van der Waals surface area contributed by atoms with Crippen molar-refractivity contribution >= 4 is 17.4 Å². The van der Waals surface area contributed by atoms with Crippen LogP contribution in [0.5, 0.6) is 5.06 Å². The number of nitrogens with one attached hydrogen (secondary N) is 1. The van der Waals surface area contributed by atoms with Gasteiger partial charge in [0, 0.05) is 11.6 Å². The minimum Gasteiger partial charge on any atom is -0.398 e. The van der Waals surface area contributed by atoms with Crippen LogP contribution in [0, 0.1) is 19.4 Å². The van der Waals surface area contributed by atoms with Crippen LogP contribution in [0.1, 0.15) is 5.56 Å². The molecule has 1 rings (SSSR count). The molecule has 12 heavy (non-hydrogen) atoms. The topological polar surface area (TPSA) is 38.3 Å². The first kappa shape index (κ1) is 8.62. The van der Waals surface area contributed by atoms with E-state index < -0.39 is 6.09 Å². The predicted molar refractivity (Wildman–Crippen MR) is 47.0 cm³/mol. The van der Waals surface area contributed by atoms with Crippen LogP contribution in [0.3, 0.4) is 0 Å². The minimum atomic E-state index is -0.622. The smallest absolute Gasteiger partial charge is 0.398 e. The standard InChI is InChI=1S/C8H7NO2S/c1-3-9-8(10)11-7-6(2)4-5-12-7/h1,4-5H,2H3,(H,9,10). The summed E-state index contributed by atoms with van der Waals surface area (Å²) in [6.45, 7) is 1.86. The van der Waals surface area contributed by atoms with E-state index >= 15 is 0 Å². The van der Waals surface area contributed by atoms with Gasteiger partial charge in [0.05, 0.1) is 0 Å². The Hall–Kier alpha value is -1.47. The molecular formula is C8H7NO2S. The maximum absolute atomic E-state index is 10.8. The zero-order valence-corrected chi connectivity index (χ0v) is 7.27. The summed E-state index contributed by atoms with van der Waals surface area (Å²) < 4.78 is 4.85. The Kier molecular flexibility index (Phi) is 2.72. The fourth-order valence-electron chi connectivity index (χ4n) is 0.632. The maximum atomic E-state index is 10.8. The quantitative estimate of drug-likeness (QED) is 0.529. The van der Waals surface area contributed by atoms with Gasteiger partial charge in [-0.1, -0.05) is 6.42 Å². The molecule has 1 amide bonds. The molecule has 0 aliphatic rings. The van der Waals surface area contributed by atoms with Crippen LogP contribution >= 0.6 is 11.3 Å². The highest BCUT2D eigenvalue weighted by atomic mass is 32.1. The highest BCUT2D eigenvalue weighted by Crippen LogP contribution is 2.24. The van der Waals surface area contributed by atoms with Crippen LogP contribution in [0.4, 0.5) is 4.79 Å². The molecule has 62 valence electrons. The van der Waals surface area contributed by atoms with Crippen LogP contribution in [0.25, 0.3) is 0 Å². The van der Waals surface area contributed by atoms with Crippen molar-refractivity contribution in [3.8, 4) is 17.5 Å². The Labute approximate surface area is 74.4 Å². The lowest BCUT2D eigenvalue weighted by atomic mass is 10.4. The third-order valence-electron chi connectivity index (χ3n) is 1.17. The summed E-state index contributed by atoms with van der Waals surface area (Å²) >= 11 is 1.35. The van der Waals surface area contributed by atoms with Crippen LogP contribution < -0.4 is 10.1 Å². The third-order valence-corrected chi connectivity index (χ3v) is 2.07. The second-order valence-electron chi connectivity index (χ2n) is 2.05. The SMILES string of the molecule is C#CNC(=O)Oc1sccc1C. The van der Waals surface area contributed by atoms with Crippen molar-refractivity contribution in [1.29, 1.82) is 0 Å². The van der Waals surface area contributed by atoms with Crippen LogP contribution in [0.2, 0.25) is 0 Å². The van der Waals surface area contributed by atoms with Crippen molar-refractivity contribution < 1.29 is 9.53 Å². The van der Waals surface area contributed by atoms with Crippen LogP contribution in [-0.4, -0.2) is 6.09 Å². The lowest BCUT2D eigenvalue weighted by molar-refractivity contribution is 0.206. The van der Waals surface area contributed by atoms with Crippen molar-refractivity contribution in [3.63, 3.8) is 0 Å². The van der Waals surface area contributed by atoms with Crippen LogP contribution in [-0.2, 0) is 0 Å². The van der Waals surface area contributed by atoms with Crippen molar-refractivity contribution in [2.75, 3.05) is 0 Å². The lowest BCUT2D eigenvalue weighted by Gasteiger charge is -1.99. The molecule has 1 aromatic heterocycles. The monoisotopic (exact) mass is 181 g/mol. The first-order valence-electron chi connectivity index (χ1n) is 3.21. The number of carbonyl (C=O) groups excluding carboxylic acids is 1. The van der Waals surface area contributed by atoms with Gasteiger partial charge in [0.2, 0.25) is 0 Å². The molecule has 4 heteroatoms. The molecule has 0 saturated carbocycles. The van der Waals surface area contributed by atoms with Gasteiger partial charge < -0.3 is 4.74 Å². The molecule has 1 heterocycles. The fraction of sp³-hybridized carbons (Fsp3) is 0.125. The third kappa shape index (κ3) is 2.01. The highest BCUT2D eigenvalue weighted by Gasteiger charge is 2.05. The summed E-state index contributed by atoms with van der Waals surface area (Å²) in [7, 11) is 0. The van der Waals surface area contributed by atoms with Gasteiger partial charge >= 0.3 is 6.09 Å². The number of amides is 1. The second-order valence-corrected chi connectivity index (χ2v) is 2.93. The Bertz CT molecular complexity index is 324. The Morgan fingerprint density at radius 2 is 2.58 bits per heavy atom. The minimum absolute atomic E-state index is 0.572. The zero-order chi connectivity index (χ0) is 8.97. The molecule has 0 bridgehead atoms. The molecule has 0 aliphatic carbocycles. The van der Waals surface area contributed by atoms with Crippen molar-refractivity contribution in [2.24, 2.45) is 0 Å².